The van der Waals surface area contributed by atoms with E-state index >= 15 is 0 Å². The first kappa shape index (κ1) is 17.1. The maximum absolute atomic E-state index is 9.50. The highest BCUT2D eigenvalue weighted by atomic mass is 32.1. The number of nitrogens with zero attached hydrogens (tertiary/aromatic N) is 4. The number of rotatable bonds is 7. The molecule has 1 aliphatic rings. The maximum Gasteiger partial charge on any atom is 0.134 e. The van der Waals surface area contributed by atoms with E-state index < -0.39 is 0 Å². The monoisotopic (exact) mass is 347 g/mol. The predicted octanol–water partition coefficient (Wildman–Crippen LogP) is 2.21. The molecule has 0 aromatic carbocycles. The summed E-state index contributed by atoms with van der Waals surface area (Å²) < 4.78 is 0. The lowest BCUT2D eigenvalue weighted by molar-refractivity contribution is 0.266. The minimum atomic E-state index is 0.174. The Balaban J connectivity index is 1.68. The Morgan fingerprint density at radius 3 is 3.04 bits per heavy atom. The molecule has 0 radical (unpaired) electrons. The Labute approximate surface area is 147 Å². The third kappa shape index (κ3) is 3.85. The Morgan fingerprint density at radius 1 is 1.46 bits per heavy atom. The minimum absolute atomic E-state index is 0.174. The lowest BCUT2D eigenvalue weighted by atomic mass is 10.1. The van der Waals surface area contributed by atoms with Crippen LogP contribution < -0.4 is 10.2 Å². The molecule has 0 unspecified atom stereocenters. The van der Waals surface area contributed by atoms with E-state index in [9.17, 15) is 5.11 Å². The first-order chi connectivity index (χ1) is 11.7. The van der Waals surface area contributed by atoms with Gasteiger partial charge in [0.15, 0.2) is 0 Å². The second-order valence-electron chi connectivity index (χ2n) is 6.35. The fraction of sp³-hybridized carbons (Fsp3) is 0.529. The van der Waals surface area contributed by atoms with Crippen molar-refractivity contribution in [3.05, 3.63) is 34.8 Å². The molecule has 0 bridgehead atoms. The Morgan fingerprint density at radius 2 is 2.33 bits per heavy atom. The van der Waals surface area contributed by atoms with Crippen molar-refractivity contribution in [3.63, 3.8) is 0 Å². The number of nitrogens with one attached hydrogen (secondary N) is 1. The van der Waals surface area contributed by atoms with E-state index in [0.717, 1.165) is 37.6 Å². The molecule has 3 rings (SSSR count). The number of hydrogen-bond donors (Lipinski definition) is 2. The van der Waals surface area contributed by atoms with Gasteiger partial charge in [-0.15, -0.1) is 0 Å². The highest BCUT2D eigenvalue weighted by Gasteiger charge is 2.25. The van der Waals surface area contributed by atoms with E-state index in [1.165, 1.54) is 5.56 Å². The van der Waals surface area contributed by atoms with E-state index in [0.29, 0.717) is 6.04 Å². The van der Waals surface area contributed by atoms with Crippen molar-refractivity contribution in [2.24, 2.45) is 0 Å². The van der Waals surface area contributed by atoms with Crippen LogP contribution in [0.25, 0.3) is 0 Å². The zero-order valence-electron chi connectivity index (χ0n) is 14.2. The molecule has 7 heteroatoms. The van der Waals surface area contributed by atoms with Gasteiger partial charge in [0.05, 0.1) is 18.7 Å². The highest BCUT2D eigenvalue weighted by Crippen LogP contribution is 2.25. The first-order valence-electron chi connectivity index (χ1n) is 8.31. The topological polar surface area (TPSA) is 64.5 Å². The van der Waals surface area contributed by atoms with Crippen LogP contribution in [0.2, 0.25) is 0 Å². The molecule has 1 aliphatic heterocycles. The van der Waals surface area contributed by atoms with Gasteiger partial charge < -0.3 is 20.2 Å². The van der Waals surface area contributed by atoms with Crippen molar-refractivity contribution >= 4 is 23.0 Å². The van der Waals surface area contributed by atoms with Gasteiger partial charge in [-0.1, -0.05) is 0 Å². The predicted molar refractivity (Wildman–Crippen MR) is 98.7 cm³/mol. The van der Waals surface area contributed by atoms with Crippen LogP contribution in [0, 0.1) is 0 Å². The molecule has 2 N–H and O–H groups in total. The standard InChI is InChI=1S/C17H25N5OS/c1-21(2)15(13-5-7-24-11-13)9-18-16-8-17(20-12-19-16)22-6-3-4-14(22)10-23/h5,7-8,11-12,14-15,23H,3-4,6,9-10H2,1-2H3,(H,18,19,20)/t14-,15+/m1/s1. The number of likely N-dealkylation sites (N-methyl/N-ethyl adjacent to an activating group) is 1. The second-order valence-corrected chi connectivity index (χ2v) is 7.13. The zero-order chi connectivity index (χ0) is 16.9. The summed E-state index contributed by atoms with van der Waals surface area (Å²) in [7, 11) is 4.18. The number of aromatic nitrogens is 2. The quantitative estimate of drug-likeness (QED) is 0.801. The van der Waals surface area contributed by atoms with Crippen LogP contribution in [-0.4, -0.2) is 59.8 Å². The highest BCUT2D eigenvalue weighted by molar-refractivity contribution is 7.07. The van der Waals surface area contributed by atoms with Gasteiger partial charge in [-0.25, -0.2) is 9.97 Å². The molecule has 1 saturated heterocycles. The molecule has 24 heavy (non-hydrogen) atoms. The molecule has 3 heterocycles. The molecule has 0 spiro atoms. The number of thiophene rings is 1. The van der Waals surface area contributed by atoms with Crippen molar-refractivity contribution < 1.29 is 5.11 Å². The minimum Gasteiger partial charge on any atom is -0.394 e. The summed E-state index contributed by atoms with van der Waals surface area (Å²) in [4.78, 5) is 13.1. The van der Waals surface area contributed by atoms with Crippen LogP contribution in [-0.2, 0) is 0 Å². The van der Waals surface area contributed by atoms with Gasteiger partial charge in [-0.05, 0) is 49.3 Å². The summed E-state index contributed by atoms with van der Waals surface area (Å²) in [6.45, 7) is 1.90. The summed E-state index contributed by atoms with van der Waals surface area (Å²) in [6, 6.07) is 4.62. The molecular formula is C17H25N5OS. The Hall–Kier alpha value is -1.70. The molecule has 6 nitrogen and oxygen atoms in total. The van der Waals surface area contributed by atoms with Crippen molar-refractivity contribution in [1.29, 1.82) is 0 Å². The fourth-order valence-corrected chi connectivity index (χ4v) is 3.90. The van der Waals surface area contributed by atoms with Crippen LogP contribution >= 0.6 is 11.3 Å². The van der Waals surface area contributed by atoms with Gasteiger partial charge >= 0.3 is 0 Å². The summed E-state index contributed by atoms with van der Waals surface area (Å²) in [6.07, 6.45) is 3.71. The lowest BCUT2D eigenvalue weighted by Gasteiger charge is -2.26. The largest absolute Gasteiger partial charge is 0.394 e. The first-order valence-corrected chi connectivity index (χ1v) is 9.25. The second kappa shape index (κ2) is 7.92. The van der Waals surface area contributed by atoms with E-state index in [1.54, 1.807) is 17.7 Å². The molecule has 2 atom stereocenters. The third-order valence-electron chi connectivity index (χ3n) is 4.56. The molecule has 1 fully saturated rings. The number of anilines is 2. The molecule has 2 aromatic heterocycles. The zero-order valence-corrected chi connectivity index (χ0v) is 15.0. The van der Waals surface area contributed by atoms with Gasteiger partial charge in [0.2, 0.25) is 0 Å². The van der Waals surface area contributed by atoms with Gasteiger partial charge in [0, 0.05) is 19.2 Å². The SMILES string of the molecule is CN(C)[C@@H](CNc1cc(N2CCC[C@@H]2CO)ncn1)c1ccsc1. The Bertz CT molecular complexity index is 634. The Kier molecular flexibility index (Phi) is 5.65. The summed E-state index contributed by atoms with van der Waals surface area (Å²) in [5, 5.41) is 17.2. The number of aliphatic hydroxyl groups is 1. The van der Waals surface area contributed by atoms with Crippen LogP contribution in [0.4, 0.5) is 11.6 Å². The van der Waals surface area contributed by atoms with E-state index in [1.807, 2.05) is 6.07 Å². The summed E-state index contributed by atoms with van der Waals surface area (Å²) in [5.74, 6) is 1.71. The summed E-state index contributed by atoms with van der Waals surface area (Å²) >= 11 is 1.72. The van der Waals surface area contributed by atoms with E-state index in [-0.39, 0.29) is 12.6 Å². The van der Waals surface area contributed by atoms with Gasteiger partial charge in [-0.2, -0.15) is 11.3 Å². The molecular weight excluding hydrogens is 322 g/mol. The number of aliphatic hydroxyl groups excluding tert-OH is 1. The van der Waals surface area contributed by atoms with Gasteiger partial charge in [-0.3, -0.25) is 0 Å². The molecule has 130 valence electrons. The normalized spacial score (nSPS) is 19.0. The molecule has 0 aliphatic carbocycles. The number of hydrogen-bond acceptors (Lipinski definition) is 7. The average molecular weight is 347 g/mol. The van der Waals surface area contributed by atoms with Crippen LogP contribution in [0.1, 0.15) is 24.4 Å². The molecule has 2 aromatic rings. The molecule has 0 amide bonds. The lowest BCUT2D eigenvalue weighted by Crippen LogP contribution is -2.32. The van der Waals surface area contributed by atoms with Gasteiger partial charge in [0.25, 0.3) is 0 Å². The van der Waals surface area contributed by atoms with Gasteiger partial charge in [0.1, 0.15) is 18.0 Å². The van der Waals surface area contributed by atoms with E-state index in [4.69, 9.17) is 0 Å². The maximum atomic E-state index is 9.50. The van der Waals surface area contributed by atoms with E-state index in [2.05, 4.69) is 56.0 Å². The van der Waals surface area contributed by atoms with Crippen molar-refractivity contribution in [1.82, 2.24) is 14.9 Å². The van der Waals surface area contributed by atoms with Crippen molar-refractivity contribution in [3.8, 4) is 0 Å². The molecule has 0 saturated carbocycles. The summed E-state index contributed by atoms with van der Waals surface area (Å²) in [5.41, 5.74) is 1.31. The smallest absolute Gasteiger partial charge is 0.134 e. The average Bonchev–Trinajstić information content (AvgIpc) is 3.26. The van der Waals surface area contributed by atoms with Crippen molar-refractivity contribution in [2.45, 2.75) is 24.9 Å². The fourth-order valence-electron chi connectivity index (χ4n) is 3.19. The van der Waals surface area contributed by atoms with Crippen LogP contribution in [0.3, 0.4) is 0 Å². The van der Waals surface area contributed by atoms with Crippen molar-refractivity contribution in [2.75, 3.05) is 44.0 Å². The third-order valence-corrected chi connectivity index (χ3v) is 5.26. The van der Waals surface area contributed by atoms with Crippen LogP contribution in [0.15, 0.2) is 29.2 Å². The van der Waals surface area contributed by atoms with Crippen LogP contribution in [0.5, 0.6) is 0 Å².